The number of hydrogen-bond acceptors (Lipinski definition) is 5. The van der Waals surface area contributed by atoms with E-state index in [2.05, 4.69) is 15.2 Å². The predicted molar refractivity (Wildman–Crippen MR) is 154 cm³/mol. The summed E-state index contributed by atoms with van der Waals surface area (Å²) in [6, 6.07) is 16.7. The molecule has 0 bridgehead atoms. The zero-order valence-corrected chi connectivity index (χ0v) is 24.3. The van der Waals surface area contributed by atoms with E-state index in [0.717, 1.165) is 11.1 Å². The molecule has 3 aromatic rings. The maximum atomic E-state index is 13.4. The lowest BCUT2D eigenvalue weighted by Crippen LogP contribution is -2.49. The molecule has 2 aromatic carbocycles. The molecule has 1 aliphatic carbocycles. The molecule has 1 aliphatic heterocycles. The highest BCUT2D eigenvalue weighted by molar-refractivity contribution is 8.00. The Hall–Kier alpha value is -3.58. The van der Waals surface area contributed by atoms with Crippen molar-refractivity contribution in [2.75, 3.05) is 19.6 Å². The summed E-state index contributed by atoms with van der Waals surface area (Å²) in [5.41, 5.74) is -3.55. The van der Waals surface area contributed by atoms with Crippen molar-refractivity contribution in [1.29, 1.82) is 0 Å². The topological polar surface area (TPSA) is 74.3 Å². The fourth-order valence-corrected chi connectivity index (χ4v) is 6.84. The van der Waals surface area contributed by atoms with Crippen molar-refractivity contribution in [2.24, 2.45) is 0 Å². The van der Waals surface area contributed by atoms with Crippen LogP contribution in [0.3, 0.4) is 0 Å². The third-order valence-electron chi connectivity index (χ3n) is 8.13. The molecule has 6 nitrogen and oxygen atoms in total. The van der Waals surface area contributed by atoms with Gasteiger partial charge in [-0.2, -0.15) is 26.3 Å². The van der Waals surface area contributed by atoms with Crippen molar-refractivity contribution in [3.05, 3.63) is 83.6 Å². The zero-order valence-electron chi connectivity index (χ0n) is 23.5. The number of pyridine rings is 1. The number of benzene rings is 2. The van der Waals surface area contributed by atoms with Crippen LogP contribution in [0.25, 0.3) is 11.1 Å². The van der Waals surface area contributed by atoms with Crippen LogP contribution >= 0.6 is 11.8 Å². The van der Waals surface area contributed by atoms with E-state index in [4.69, 9.17) is 0 Å². The number of nitrogens with zero attached hydrogens (tertiary/aromatic N) is 2. The van der Waals surface area contributed by atoms with Gasteiger partial charge < -0.3 is 10.2 Å². The number of aromatic nitrogens is 1. The highest BCUT2D eigenvalue weighted by atomic mass is 32.2. The van der Waals surface area contributed by atoms with E-state index in [-0.39, 0.29) is 18.0 Å². The monoisotopic (exact) mass is 636 g/mol. The second-order valence-corrected chi connectivity index (χ2v) is 12.0. The minimum Gasteiger partial charge on any atom is -0.349 e. The van der Waals surface area contributed by atoms with Crippen molar-refractivity contribution < 1.29 is 35.9 Å². The smallest absolute Gasteiger partial charge is 0.349 e. The number of amides is 2. The average Bonchev–Trinajstić information content (AvgIpc) is 3.25. The van der Waals surface area contributed by atoms with Crippen molar-refractivity contribution >= 4 is 23.6 Å². The molecular formula is C31H30F6N4O2S. The number of carbonyl (C=O) groups excluding carboxylic acids is 2. The summed E-state index contributed by atoms with van der Waals surface area (Å²) in [6.07, 6.45) is -1.16. The second-order valence-electron chi connectivity index (χ2n) is 10.9. The summed E-state index contributed by atoms with van der Waals surface area (Å²) in [6.45, 7) is 1.91. The van der Waals surface area contributed by atoms with Crippen LogP contribution in [0.1, 0.15) is 53.6 Å². The van der Waals surface area contributed by atoms with Crippen LogP contribution in [-0.4, -0.2) is 59.2 Å². The molecule has 1 saturated heterocycles. The minimum atomic E-state index is -4.87. The molecule has 0 radical (unpaired) electrons. The number of nitrogens with one attached hydrogen (secondary N) is 2. The van der Waals surface area contributed by atoms with Gasteiger partial charge in [-0.25, -0.2) is 4.98 Å². The molecular weight excluding hydrogens is 606 g/mol. The number of alkyl halides is 6. The Morgan fingerprint density at radius 1 is 0.886 bits per heavy atom. The largest absolute Gasteiger partial charge is 0.484 e. The van der Waals surface area contributed by atoms with Gasteiger partial charge in [-0.15, -0.1) is 0 Å². The molecule has 44 heavy (non-hydrogen) atoms. The number of likely N-dealkylation sites (tertiary alicyclic amines) is 1. The van der Waals surface area contributed by atoms with Gasteiger partial charge in [0.2, 0.25) is 5.91 Å². The number of fused-ring (bicyclic) bond motifs is 3. The van der Waals surface area contributed by atoms with Gasteiger partial charge in [0.1, 0.15) is 10.4 Å². The van der Waals surface area contributed by atoms with Crippen LogP contribution in [0.2, 0.25) is 0 Å². The van der Waals surface area contributed by atoms with Gasteiger partial charge in [-0.3, -0.25) is 14.9 Å². The molecule has 1 aromatic heterocycles. The highest BCUT2D eigenvalue weighted by Crippen LogP contribution is 2.52. The van der Waals surface area contributed by atoms with Crippen LogP contribution in [0.5, 0.6) is 0 Å². The molecule has 234 valence electrons. The lowest BCUT2D eigenvalue weighted by atomic mass is 9.73. The number of halogens is 6. The van der Waals surface area contributed by atoms with Crippen LogP contribution < -0.4 is 10.6 Å². The van der Waals surface area contributed by atoms with Gasteiger partial charge in [0, 0.05) is 37.1 Å². The normalized spacial score (nSPS) is 16.7. The van der Waals surface area contributed by atoms with Crippen LogP contribution in [0, 0.1) is 0 Å². The summed E-state index contributed by atoms with van der Waals surface area (Å²) >= 11 is -0.426. The van der Waals surface area contributed by atoms with E-state index in [1.807, 2.05) is 12.1 Å². The lowest BCUT2D eigenvalue weighted by molar-refractivity contribution is -0.172. The maximum Gasteiger partial charge on any atom is 0.484 e. The molecule has 0 atom stereocenters. The van der Waals surface area contributed by atoms with E-state index in [9.17, 15) is 35.9 Å². The number of unbranched alkanes of at least 4 members (excludes halogenated alkanes) is 1. The summed E-state index contributed by atoms with van der Waals surface area (Å²) < 4.78 is 78.8. The Bertz CT molecular complexity index is 1460. The number of rotatable bonds is 9. The zero-order chi connectivity index (χ0) is 31.5. The van der Waals surface area contributed by atoms with Gasteiger partial charge in [0.25, 0.3) is 5.91 Å². The van der Waals surface area contributed by atoms with Crippen LogP contribution in [0.15, 0.2) is 71.9 Å². The molecule has 5 rings (SSSR count). The van der Waals surface area contributed by atoms with Crippen molar-refractivity contribution in [3.8, 4) is 11.1 Å². The first-order valence-corrected chi connectivity index (χ1v) is 15.0. The van der Waals surface area contributed by atoms with Gasteiger partial charge in [-0.05, 0) is 66.6 Å². The van der Waals surface area contributed by atoms with E-state index < -0.39 is 45.8 Å². The van der Waals surface area contributed by atoms with Gasteiger partial charge in [-0.1, -0.05) is 55.0 Å². The first-order valence-electron chi connectivity index (χ1n) is 14.2. The fraction of sp³-hybridized carbons (Fsp3) is 0.387. The van der Waals surface area contributed by atoms with Gasteiger partial charge in [0.15, 0.2) is 0 Å². The number of piperidine rings is 1. The Morgan fingerprint density at radius 3 is 2.09 bits per heavy atom. The Morgan fingerprint density at radius 2 is 1.50 bits per heavy atom. The quantitative estimate of drug-likeness (QED) is 0.119. The summed E-state index contributed by atoms with van der Waals surface area (Å²) in [5, 5.41) is 3.70. The standard InChI is InChI=1S/C31H30F6N4O2S/c32-30(33,34)40-28(43)29(24-11-3-1-8-21(24)22-9-2-4-12-25(22)29)15-5-6-17-41-18-13-20(14-19-41)39-26(42)23-10-7-16-38-27(23)44-31(35,36)37/h1-4,7-12,16,20H,5-6,13-15,17-19H2,(H,39,42)(H,40,43). The Labute approximate surface area is 254 Å². The minimum absolute atomic E-state index is 0.129. The molecule has 1 fully saturated rings. The second kappa shape index (κ2) is 12.8. The van der Waals surface area contributed by atoms with Gasteiger partial charge in [0.05, 0.1) is 5.56 Å². The Kier molecular flexibility index (Phi) is 9.26. The fourth-order valence-electron chi connectivity index (χ4n) is 6.23. The predicted octanol–water partition coefficient (Wildman–Crippen LogP) is 6.66. The molecule has 2 amide bonds. The van der Waals surface area contributed by atoms with E-state index in [0.29, 0.717) is 56.4 Å². The Balaban J connectivity index is 1.18. The third kappa shape index (κ3) is 7.04. The first kappa shape index (κ1) is 31.8. The summed E-state index contributed by atoms with van der Waals surface area (Å²) in [5.74, 6) is -1.70. The van der Waals surface area contributed by atoms with E-state index in [1.165, 1.54) is 23.6 Å². The lowest BCUT2D eigenvalue weighted by Gasteiger charge is -2.33. The molecule has 2 N–H and O–H groups in total. The maximum absolute atomic E-state index is 13.4. The van der Waals surface area contributed by atoms with Crippen LogP contribution in [-0.2, 0) is 10.2 Å². The van der Waals surface area contributed by atoms with E-state index in [1.54, 1.807) is 36.4 Å². The number of carbonyl (C=O) groups is 2. The van der Waals surface area contributed by atoms with Crippen LogP contribution in [0.4, 0.5) is 26.3 Å². The molecule has 13 heteroatoms. The molecule has 2 heterocycles. The van der Waals surface area contributed by atoms with Crippen molar-refractivity contribution in [1.82, 2.24) is 20.5 Å². The van der Waals surface area contributed by atoms with E-state index >= 15 is 0 Å². The SMILES string of the molecule is O=C(NC1CCN(CCCCC2(C(=O)NC(F)(F)F)c3ccccc3-c3ccccc32)CC1)c1cccnc1SC(F)(F)F. The van der Waals surface area contributed by atoms with Crippen molar-refractivity contribution in [2.45, 2.75) is 60.4 Å². The third-order valence-corrected chi connectivity index (χ3v) is 8.88. The molecule has 0 saturated carbocycles. The molecule has 2 aliphatic rings. The summed E-state index contributed by atoms with van der Waals surface area (Å²) in [7, 11) is 0. The summed E-state index contributed by atoms with van der Waals surface area (Å²) in [4.78, 5) is 32.0. The highest BCUT2D eigenvalue weighted by Gasteiger charge is 2.51. The number of hydrogen-bond donors (Lipinski definition) is 2. The first-order chi connectivity index (χ1) is 20.9. The number of thioether (sulfide) groups is 1. The molecule has 0 unspecified atom stereocenters. The van der Waals surface area contributed by atoms with Crippen molar-refractivity contribution in [3.63, 3.8) is 0 Å². The average molecular weight is 637 g/mol. The molecule has 0 spiro atoms. The van der Waals surface area contributed by atoms with Gasteiger partial charge >= 0.3 is 11.8 Å².